The quantitative estimate of drug-likeness (QED) is 0.210. The number of halogens is 7. The van der Waals surface area contributed by atoms with Crippen molar-refractivity contribution in [1.82, 2.24) is 0 Å². The summed E-state index contributed by atoms with van der Waals surface area (Å²) in [5.74, 6) is -3.36. The number of rotatable bonds is 7. The lowest BCUT2D eigenvalue weighted by atomic mass is 9.78. The number of benzene rings is 2. The van der Waals surface area contributed by atoms with Crippen LogP contribution in [0.25, 0.3) is 5.57 Å². The average Bonchev–Trinajstić information content (AvgIpc) is 2.81. The van der Waals surface area contributed by atoms with Gasteiger partial charge in [0.1, 0.15) is 5.92 Å². The number of alkyl halides is 6. The Bertz CT molecular complexity index is 1150. The van der Waals surface area contributed by atoms with Crippen molar-refractivity contribution < 1.29 is 40.7 Å². The molecule has 1 aliphatic rings. The second-order valence-electron chi connectivity index (χ2n) is 8.50. The number of hydrogen-bond acceptors (Lipinski definition) is 3. The predicted molar refractivity (Wildman–Crippen MR) is 122 cm³/mol. The molecule has 2 aromatic rings. The SMILES string of the molecule is CCOC(=O)C(Cc1cccc(C(F)(F)F)c1)C(=O)C1CC=C(c2ccc(Cl)cc2C(F)(F)F)CC1. The van der Waals surface area contributed by atoms with Gasteiger partial charge in [-0.2, -0.15) is 26.3 Å². The number of hydrogen-bond donors (Lipinski definition) is 0. The molecule has 0 amide bonds. The van der Waals surface area contributed by atoms with E-state index >= 15 is 0 Å². The zero-order valence-electron chi connectivity index (χ0n) is 19.2. The number of ether oxygens (including phenoxy) is 1. The van der Waals surface area contributed by atoms with Crippen molar-refractivity contribution in [3.8, 4) is 0 Å². The maximum absolute atomic E-state index is 13.5. The number of Topliss-reactive ketones (excluding diaryl/α,β-unsaturated/α-hetero) is 1. The van der Waals surface area contributed by atoms with Crippen LogP contribution in [0.4, 0.5) is 26.3 Å². The molecule has 0 heterocycles. The second kappa shape index (κ2) is 11.1. The first-order valence-corrected chi connectivity index (χ1v) is 11.6. The van der Waals surface area contributed by atoms with E-state index in [1.807, 2.05) is 0 Å². The fourth-order valence-electron chi connectivity index (χ4n) is 4.31. The summed E-state index contributed by atoms with van der Waals surface area (Å²) >= 11 is 5.75. The maximum Gasteiger partial charge on any atom is 0.417 e. The lowest BCUT2D eigenvalue weighted by Gasteiger charge is -2.26. The van der Waals surface area contributed by atoms with E-state index in [1.54, 1.807) is 6.92 Å². The molecule has 194 valence electrons. The van der Waals surface area contributed by atoms with Crippen molar-refractivity contribution in [2.24, 2.45) is 11.8 Å². The Hall–Kier alpha value is -2.81. The first-order valence-electron chi connectivity index (χ1n) is 11.2. The first kappa shape index (κ1) is 27.8. The Morgan fingerprint density at radius 1 is 1.06 bits per heavy atom. The minimum Gasteiger partial charge on any atom is -0.465 e. The Balaban J connectivity index is 1.83. The van der Waals surface area contributed by atoms with Gasteiger partial charge in [-0.25, -0.2) is 0 Å². The van der Waals surface area contributed by atoms with Gasteiger partial charge in [0.15, 0.2) is 5.78 Å². The second-order valence-corrected chi connectivity index (χ2v) is 8.93. The van der Waals surface area contributed by atoms with Crippen molar-refractivity contribution in [2.45, 2.75) is 45.0 Å². The monoisotopic (exact) mass is 532 g/mol. The van der Waals surface area contributed by atoms with Crippen LogP contribution in [-0.4, -0.2) is 18.4 Å². The lowest BCUT2D eigenvalue weighted by Crippen LogP contribution is -2.33. The zero-order chi connectivity index (χ0) is 26.7. The highest BCUT2D eigenvalue weighted by atomic mass is 35.5. The largest absolute Gasteiger partial charge is 0.465 e. The molecule has 36 heavy (non-hydrogen) atoms. The minimum atomic E-state index is -4.62. The molecule has 2 atom stereocenters. The van der Waals surface area contributed by atoms with E-state index in [9.17, 15) is 35.9 Å². The van der Waals surface area contributed by atoms with Crippen LogP contribution in [0.3, 0.4) is 0 Å². The van der Waals surface area contributed by atoms with E-state index in [2.05, 4.69) is 0 Å². The van der Waals surface area contributed by atoms with Crippen LogP contribution in [0.15, 0.2) is 48.5 Å². The van der Waals surface area contributed by atoms with Gasteiger partial charge >= 0.3 is 18.3 Å². The maximum atomic E-state index is 13.5. The van der Waals surface area contributed by atoms with Crippen molar-refractivity contribution in [3.05, 3.63) is 75.8 Å². The molecule has 0 N–H and O–H groups in total. The van der Waals surface area contributed by atoms with Gasteiger partial charge in [0.25, 0.3) is 0 Å². The molecule has 0 aliphatic heterocycles. The van der Waals surface area contributed by atoms with Gasteiger partial charge < -0.3 is 4.74 Å². The van der Waals surface area contributed by atoms with E-state index in [0.717, 1.165) is 18.2 Å². The van der Waals surface area contributed by atoms with Gasteiger partial charge in [0.05, 0.1) is 17.7 Å². The molecule has 0 spiro atoms. The van der Waals surface area contributed by atoms with Crippen LogP contribution in [0, 0.1) is 11.8 Å². The highest BCUT2D eigenvalue weighted by Gasteiger charge is 2.38. The van der Waals surface area contributed by atoms with Gasteiger partial charge in [0, 0.05) is 10.9 Å². The summed E-state index contributed by atoms with van der Waals surface area (Å²) in [5.41, 5.74) is -1.24. The van der Waals surface area contributed by atoms with Crippen LogP contribution in [0.1, 0.15) is 48.4 Å². The van der Waals surface area contributed by atoms with E-state index in [1.165, 1.54) is 30.3 Å². The molecule has 0 saturated heterocycles. The summed E-state index contributed by atoms with van der Waals surface area (Å²) in [7, 11) is 0. The standard InChI is InChI=1S/C26H23ClF6O3/c1-2-36-24(35)21(13-15-4-3-5-18(12-15)25(28,29)30)23(34)17-8-6-16(7-9-17)20-11-10-19(27)14-22(20)26(31,32)33/h3-6,10-12,14,17,21H,2,7-9,13H2,1H3. The normalized spacial score (nSPS) is 17.3. The summed E-state index contributed by atoms with van der Waals surface area (Å²) in [6.07, 6.45) is -7.51. The van der Waals surface area contributed by atoms with E-state index in [4.69, 9.17) is 16.3 Å². The van der Waals surface area contributed by atoms with Crippen molar-refractivity contribution in [3.63, 3.8) is 0 Å². The molecular weight excluding hydrogens is 510 g/mol. The number of ketones is 1. The summed E-state index contributed by atoms with van der Waals surface area (Å²) in [4.78, 5) is 25.8. The van der Waals surface area contributed by atoms with Crippen molar-refractivity contribution in [2.75, 3.05) is 6.61 Å². The molecule has 0 bridgehead atoms. The Labute approximate surface area is 209 Å². The van der Waals surface area contributed by atoms with Crippen LogP contribution in [0.5, 0.6) is 0 Å². The molecule has 3 rings (SSSR count). The number of carbonyl (C=O) groups excluding carboxylic acids is 2. The molecule has 3 nitrogen and oxygen atoms in total. The first-order chi connectivity index (χ1) is 16.8. The molecule has 1 aliphatic carbocycles. The summed E-state index contributed by atoms with van der Waals surface area (Å²) < 4.78 is 84.8. The predicted octanol–water partition coefficient (Wildman–Crippen LogP) is 7.55. The molecule has 0 aromatic heterocycles. The third kappa shape index (κ3) is 6.69. The smallest absolute Gasteiger partial charge is 0.417 e. The topological polar surface area (TPSA) is 43.4 Å². The molecule has 0 fully saturated rings. The van der Waals surface area contributed by atoms with Gasteiger partial charge in [-0.15, -0.1) is 0 Å². The van der Waals surface area contributed by atoms with Crippen LogP contribution in [-0.2, 0) is 33.1 Å². The van der Waals surface area contributed by atoms with E-state index in [-0.39, 0.29) is 48.4 Å². The summed E-state index contributed by atoms with van der Waals surface area (Å²) in [6.45, 7) is 1.53. The van der Waals surface area contributed by atoms with Crippen molar-refractivity contribution >= 4 is 28.9 Å². The molecule has 2 aromatic carbocycles. The van der Waals surface area contributed by atoms with Crippen LogP contribution >= 0.6 is 11.6 Å². The fourth-order valence-corrected chi connectivity index (χ4v) is 4.48. The average molecular weight is 533 g/mol. The molecule has 0 saturated carbocycles. The van der Waals surface area contributed by atoms with Gasteiger partial charge in [-0.3, -0.25) is 9.59 Å². The number of carbonyl (C=O) groups is 2. The number of allylic oxidation sites excluding steroid dienone is 2. The Kier molecular flexibility index (Phi) is 8.54. The highest BCUT2D eigenvalue weighted by molar-refractivity contribution is 6.30. The van der Waals surface area contributed by atoms with Crippen molar-refractivity contribution in [1.29, 1.82) is 0 Å². The fraction of sp³-hybridized carbons (Fsp3) is 0.385. The minimum absolute atomic E-state index is 0.0172. The third-order valence-electron chi connectivity index (χ3n) is 6.05. The van der Waals surface area contributed by atoms with Crippen LogP contribution < -0.4 is 0 Å². The third-order valence-corrected chi connectivity index (χ3v) is 6.29. The molecule has 10 heteroatoms. The zero-order valence-corrected chi connectivity index (χ0v) is 19.9. The van der Waals surface area contributed by atoms with Gasteiger partial charge in [0.2, 0.25) is 0 Å². The number of esters is 1. The highest BCUT2D eigenvalue weighted by Crippen LogP contribution is 2.40. The molecular formula is C26H23ClF6O3. The lowest BCUT2D eigenvalue weighted by molar-refractivity contribution is -0.152. The van der Waals surface area contributed by atoms with Gasteiger partial charge in [-0.1, -0.05) is 41.9 Å². The van der Waals surface area contributed by atoms with E-state index < -0.39 is 47.1 Å². The Morgan fingerprint density at radius 2 is 1.78 bits per heavy atom. The van der Waals surface area contributed by atoms with Crippen LogP contribution in [0.2, 0.25) is 5.02 Å². The molecule has 0 radical (unpaired) electrons. The van der Waals surface area contributed by atoms with E-state index in [0.29, 0.717) is 5.57 Å². The summed E-state index contributed by atoms with van der Waals surface area (Å²) in [6, 6.07) is 7.87. The van der Waals surface area contributed by atoms with Gasteiger partial charge in [-0.05, 0) is 67.5 Å². The summed E-state index contributed by atoms with van der Waals surface area (Å²) in [5, 5.41) is -0.0533. The Morgan fingerprint density at radius 3 is 2.36 bits per heavy atom. The molecule has 2 unspecified atom stereocenters.